The summed E-state index contributed by atoms with van der Waals surface area (Å²) in [5.74, 6) is 0.0419. The number of carbonyl (C=O) groups excluding carboxylic acids is 1. The van der Waals surface area contributed by atoms with Gasteiger partial charge in [0, 0.05) is 16.8 Å². The molecule has 122 valence electrons. The van der Waals surface area contributed by atoms with Crippen LogP contribution in [0.5, 0.6) is 0 Å². The van der Waals surface area contributed by atoms with Crippen LogP contribution in [0.4, 0.5) is 17.2 Å². The number of nitrogens with one attached hydrogen (secondary N) is 2. The van der Waals surface area contributed by atoms with Crippen LogP contribution in [0.15, 0.2) is 60.9 Å². The second-order valence-electron chi connectivity index (χ2n) is 5.03. The van der Waals surface area contributed by atoms with E-state index in [9.17, 15) is 4.79 Å². The predicted molar refractivity (Wildman–Crippen MR) is 95.9 cm³/mol. The van der Waals surface area contributed by atoms with E-state index in [1.54, 1.807) is 48.5 Å². The number of nitrogens with zero attached hydrogens (tertiary/aromatic N) is 3. The summed E-state index contributed by atoms with van der Waals surface area (Å²) in [4.78, 5) is 20.4. The summed E-state index contributed by atoms with van der Waals surface area (Å²) in [5.41, 5.74) is 1.89. The summed E-state index contributed by atoms with van der Waals surface area (Å²) in [6, 6.07) is 17.4. The first kappa shape index (κ1) is 16.4. The maximum absolute atomic E-state index is 12.3. The van der Waals surface area contributed by atoms with Gasteiger partial charge in [-0.25, -0.2) is 9.97 Å². The number of nitriles is 1. The third-order valence-electron chi connectivity index (χ3n) is 3.31. The Kier molecular flexibility index (Phi) is 4.88. The van der Waals surface area contributed by atoms with Crippen LogP contribution < -0.4 is 10.6 Å². The van der Waals surface area contributed by atoms with Crippen LogP contribution in [0, 0.1) is 11.3 Å². The number of aromatic nitrogens is 2. The summed E-state index contributed by atoms with van der Waals surface area (Å²) >= 11 is 5.82. The lowest BCUT2D eigenvalue weighted by molar-refractivity contribution is 0.102. The van der Waals surface area contributed by atoms with E-state index < -0.39 is 0 Å². The summed E-state index contributed by atoms with van der Waals surface area (Å²) < 4.78 is 0. The third kappa shape index (κ3) is 4.10. The van der Waals surface area contributed by atoms with E-state index in [4.69, 9.17) is 16.9 Å². The Bertz CT molecular complexity index is 950. The summed E-state index contributed by atoms with van der Waals surface area (Å²) in [6.07, 6.45) is 1.29. The fraction of sp³-hybridized carbons (Fsp3) is 0. The van der Waals surface area contributed by atoms with Crippen molar-refractivity contribution in [2.24, 2.45) is 0 Å². The molecule has 0 saturated carbocycles. The minimum absolute atomic E-state index is 0.196. The molecule has 6 nitrogen and oxygen atoms in total. The fourth-order valence-corrected chi connectivity index (χ4v) is 2.23. The Morgan fingerprint density at radius 3 is 2.60 bits per heavy atom. The molecule has 1 amide bonds. The number of hydrogen-bond acceptors (Lipinski definition) is 5. The first-order chi connectivity index (χ1) is 12.2. The number of anilines is 3. The van der Waals surface area contributed by atoms with Gasteiger partial charge in [-0.05, 0) is 36.4 Å². The summed E-state index contributed by atoms with van der Waals surface area (Å²) in [5, 5.41) is 15.5. The smallest absolute Gasteiger partial charge is 0.274 e. The van der Waals surface area contributed by atoms with Crippen molar-refractivity contribution in [3.8, 4) is 6.07 Å². The van der Waals surface area contributed by atoms with Gasteiger partial charge in [0.25, 0.3) is 5.91 Å². The maximum atomic E-state index is 12.3. The van der Waals surface area contributed by atoms with Crippen molar-refractivity contribution in [1.82, 2.24) is 9.97 Å². The van der Waals surface area contributed by atoms with E-state index in [-0.39, 0.29) is 11.6 Å². The Hall–Kier alpha value is -3.43. The van der Waals surface area contributed by atoms with Gasteiger partial charge in [0.05, 0.1) is 11.3 Å². The molecule has 0 bridgehead atoms. The average molecular weight is 350 g/mol. The van der Waals surface area contributed by atoms with Gasteiger partial charge in [-0.15, -0.1) is 0 Å². The van der Waals surface area contributed by atoms with Gasteiger partial charge in [0.15, 0.2) is 0 Å². The lowest BCUT2D eigenvalue weighted by atomic mass is 10.2. The molecular weight excluding hydrogens is 338 g/mol. The molecule has 2 N–H and O–H groups in total. The molecular formula is C18H12ClN5O. The normalized spacial score (nSPS) is 9.92. The zero-order chi connectivity index (χ0) is 17.6. The van der Waals surface area contributed by atoms with Crippen molar-refractivity contribution < 1.29 is 4.79 Å². The van der Waals surface area contributed by atoms with Crippen LogP contribution in [0.2, 0.25) is 5.02 Å². The lowest BCUT2D eigenvalue weighted by Crippen LogP contribution is -2.14. The zero-order valence-electron chi connectivity index (χ0n) is 12.9. The molecule has 0 aliphatic heterocycles. The Balaban J connectivity index is 1.78. The van der Waals surface area contributed by atoms with Gasteiger partial charge in [0.2, 0.25) is 0 Å². The summed E-state index contributed by atoms with van der Waals surface area (Å²) in [6.45, 7) is 0. The minimum Gasteiger partial charge on any atom is -0.339 e. The number of hydrogen-bond donors (Lipinski definition) is 2. The topological polar surface area (TPSA) is 90.7 Å². The molecule has 0 aliphatic carbocycles. The van der Waals surface area contributed by atoms with E-state index in [2.05, 4.69) is 26.7 Å². The highest BCUT2D eigenvalue weighted by atomic mass is 35.5. The number of para-hydroxylation sites is 1. The number of halogens is 1. The van der Waals surface area contributed by atoms with Crippen molar-refractivity contribution >= 4 is 34.7 Å². The van der Waals surface area contributed by atoms with E-state index in [0.29, 0.717) is 27.8 Å². The van der Waals surface area contributed by atoms with Crippen LogP contribution in [0.3, 0.4) is 0 Å². The molecule has 7 heteroatoms. The molecule has 3 rings (SSSR count). The van der Waals surface area contributed by atoms with Crippen molar-refractivity contribution in [2.45, 2.75) is 0 Å². The van der Waals surface area contributed by atoms with Gasteiger partial charge in [-0.3, -0.25) is 4.79 Å². The van der Waals surface area contributed by atoms with Crippen molar-refractivity contribution in [3.05, 3.63) is 77.2 Å². The number of benzene rings is 2. The monoisotopic (exact) mass is 349 g/mol. The molecule has 0 radical (unpaired) electrons. The van der Waals surface area contributed by atoms with E-state index in [1.165, 1.54) is 12.4 Å². The van der Waals surface area contributed by atoms with Crippen molar-refractivity contribution in [3.63, 3.8) is 0 Å². The maximum Gasteiger partial charge on any atom is 0.274 e. The predicted octanol–water partition coefficient (Wildman–Crippen LogP) is 4.00. The standard InChI is InChI=1S/C18H12ClN5O/c19-13-5-7-14(8-6-13)23-18(25)16-9-17(22-11-21-16)24-15-4-2-1-3-12(15)10-20/h1-9,11H,(H,23,25)(H,21,22,24). The van der Waals surface area contributed by atoms with Crippen LogP contribution in [-0.2, 0) is 0 Å². The Labute approximate surface area is 149 Å². The molecule has 1 aromatic heterocycles. The molecule has 3 aromatic rings. The average Bonchev–Trinajstić information content (AvgIpc) is 2.64. The zero-order valence-corrected chi connectivity index (χ0v) is 13.7. The van der Waals surface area contributed by atoms with E-state index in [0.717, 1.165) is 0 Å². The van der Waals surface area contributed by atoms with Crippen LogP contribution in [0.25, 0.3) is 0 Å². The van der Waals surface area contributed by atoms with E-state index >= 15 is 0 Å². The largest absolute Gasteiger partial charge is 0.339 e. The highest BCUT2D eigenvalue weighted by Gasteiger charge is 2.10. The van der Waals surface area contributed by atoms with Gasteiger partial charge in [0.1, 0.15) is 23.9 Å². The lowest BCUT2D eigenvalue weighted by Gasteiger charge is -2.09. The molecule has 25 heavy (non-hydrogen) atoms. The Morgan fingerprint density at radius 2 is 1.84 bits per heavy atom. The summed E-state index contributed by atoms with van der Waals surface area (Å²) in [7, 11) is 0. The SMILES string of the molecule is N#Cc1ccccc1Nc1cc(C(=O)Nc2ccc(Cl)cc2)ncn1. The number of rotatable bonds is 4. The van der Waals surface area contributed by atoms with Gasteiger partial charge in [-0.1, -0.05) is 23.7 Å². The number of amides is 1. The van der Waals surface area contributed by atoms with Gasteiger partial charge < -0.3 is 10.6 Å². The molecule has 0 unspecified atom stereocenters. The van der Waals surface area contributed by atoms with E-state index in [1.807, 2.05) is 0 Å². The molecule has 2 aromatic carbocycles. The molecule has 0 spiro atoms. The van der Waals surface area contributed by atoms with Crippen LogP contribution >= 0.6 is 11.6 Å². The molecule has 1 heterocycles. The fourth-order valence-electron chi connectivity index (χ4n) is 2.11. The quantitative estimate of drug-likeness (QED) is 0.743. The molecule has 0 atom stereocenters. The van der Waals surface area contributed by atoms with Crippen LogP contribution in [0.1, 0.15) is 16.1 Å². The highest BCUT2D eigenvalue weighted by molar-refractivity contribution is 6.30. The van der Waals surface area contributed by atoms with Gasteiger partial charge >= 0.3 is 0 Å². The third-order valence-corrected chi connectivity index (χ3v) is 3.56. The minimum atomic E-state index is -0.374. The highest BCUT2D eigenvalue weighted by Crippen LogP contribution is 2.19. The van der Waals surface area contributed by atoms with Crippen molar-refractivity contribution in [1.29, 1.82) is 5.26 Å². The second-order valence-corrected chi connectivity index (χ2v) is 5.47. The molecule has 0 aliphatic rings. The molecule has 0 saturated heterocycles. The van der Waals surface area contributed by atoms with Crippen LogP contribution in [-0.4, -0.2) is 15.9 Å². The first-order valence-corrected chi connectivity index (χ1v) is 7.68. The van der Waals surface area contributed by atoms with Crippen molar-refractivity contribution in [2.75, 3.05) is 10.6 Å². The Morgan fingerprint density at radius 1 is 1.08 bits per heavy atom. The van der Waals surface area contributed by atoms with Gasteiger partial charge in [-0.2, -0.15) is 5.26 Å². The number of carbonyl (C=O) groups is 1. The second kappa shape index (κ2) is 7.43. The molecule has 0 fully saturated rings. The first-order valence-electron chi connectivity index (χ1n) is 7.31.